The number of nitrogens with one attached hydrogen (secondary N) is 1. The van der Waals surface area contributed by atoms with Crippen molar-refractivity contribution in [3.63, 3.8) is 0 Å². The average molecular weight is 240 g/mol. The molecule has 2 heterocycles. The topological polar surface area (TPSA) is 21.8 Å². The Morgan fingerprint density at radius 2 is 1.94 bits per heavy atom. The summed E-state index contributed by atoms with van der Waals surface area (Å²) in [7, 11) is 4.52. The number of rotatable bonds is 2. The van der Waals surface area contributed by atoms with Gasteiger partial charge in [0, 0.05) is 44.8 Å². The largest absolute Gasteiger partial charge is 0.313 e. The van der Waals surface area contributed by atoms with Crippen molar-refractivity contribution in [3.8, 4) is 0 Å². The van der Waals surface area contributed by atoms with E-state index in [0.717, 1.165) is 0 Å². The van der Waals surface area contributed by atoms with Crippen molar-refractivity contribution in [2.45, 2.75) is 25.4 Å². The first-order valence-electron chi connectivity index (χ1n) is 6.99. The number of piperazine rings is 1. The summed E-state index contributed by atoms with van der Waals surface area (Å²) in [4.78, 5) is 7.64. The van der Waals surface area contributed by atoms with Gasteiger partial charge in [0.25, 0.3) is 0 Å². The second-order valence-electron chi connectivity index (χ2n) is 5.86. The van der Waals surface area contributed by atoms with Gasteiger partial charge in [0.15, 0.2) is 0 Å². The maximum absolute atomic E-state index is 3.57. The molecular weight excluding hydrogens is 212 g/mol. The van der Waals surface area contributed by atoms with Crippen LogP contribution in [-0.2, 0) is 0 Å². The van der Waals surface area contributed by atoms with Gasteiger partial charge in [-0.2, -0.15) is 0 Å². The van der Waals surface area contributed by atoms with E-state index in [1.807, 2.05) is 0 Å². The predicted molar refractivity (Wildman–Crippen MR) is 72.4 cm³/mol. The molecule has 0 aromatic heterocycles. The summed E-state index contributed by atoms with van der Waals surface area (Å²) in [6, 6.07) is 1.35. The molecule has 0 spiro atoms. The second kappa shape index (κ2) is 6.14. The van der Waals surface area contributed by atoms with Gasteiger partial charge in [-0.3, -0.25) is 4.90 Å². The molecule has 1 N–H and O–H groups in total. The number of hydrogen-bond acceptors (Lipinski definition) is 4. The summed E-state index contributed by atoms with van der Waals surface area (Å²) >= 11 is 0. The Balaban J connectivity index is 1.85. The first kappa shape index (κ1) is 13.3. The van der Waals surface area contributed by atoms with Gasteiger partial charge in [0.05, 0.1) is 0 Å². The van der Waals surface area contributed by atoms with Crippen LogP contribution in [0.2, 0.25) is 0 Å². The van der Waals surface area contributed by atoms with Crippen LogP contribution in [0.1, 0.15) is 13.3 Å². The molecule has 0 saturated carbocycles. The van der Waals surface area contributed by atoms with Gasteiger partial charge in [-0.15, -0.1) is 0 Å². The van der Waals surface area contributed by atoms with Crippen molar-refractivity contribution in [1.29, 1.82) is 0 Å². The summed E-state index contributed by atoms with van der Waals surface area (Å²) in [6.07, 6.45) is 1.29. The summed E-state index contributed by atoms with van der Waals surface area (Å²) in [5.41, 5.74) is 0. The molecule has 2 saturated heterocycles. The zero-order chi connectivity index (χ0) is 12.3. The van der Waals surface area contributed by atoms with E-state index in [9.17, 15) is 0 Å². The molecule has 2 rings (SSSR count). The Labute approximate surface area is 106 Å². The van der Waals surface area contributed by atoms with Crippen molar-refractivity contribution < 1.29 is 0 Å². The third-order valence-corrected chi connectivity index (χ3v) is 4.13. The quantitative estimate of drug-likeness (QED) is 0.728. The third kappa shape index (κ3) is 3.91. The molecule has 2 fully saturated rings. The van der Waals surface area contributed by atoms with Crippen LogP contribution in [0, 0.1) is 0 Å². The van der Waals surface area contributed by atoms with E-state index in [1.54, 1.807) is 0 Å². The lowest BCUT2D eigenvalue weighted by Gasteiger charge is -2.40. The van der Waals surface area contributed by atoms with Crippen molar-refractivity contribution in [2.24, 2.45) is 0 Å². The fourth-order valence-electron chi connectivity index (χ4n) is 2.96. The molecule has 0 radical (unpaired) electrons. The number of likely N-dealkylation sites (N-methyl/N-ethyl adjacent to an activating group) is 2. The first-order valence-corrected chi connectivity index (χ1v) is 6.99. The SMILES string of the molecule is CC1CN(CC2CN(C)CCN2C)CCCN1. The van der Waals surface area contributed by atoms with E-state index in [1.165, 1.54) is 52.2 Å². The Kier molecular flexibility index (Phi) is 4.79. The van der Waals surface area contributed by atoms with Gasteiger partial charge in [0.2, 0.25) is 0 Å². The molecule has 2 atom stereocenters. The summed E-state index contributed by atoms with van der Waals surface area (Å²) in [5.74, 6) is 0. The van der Waals surface area contributed by atoms with Crippen LogP contribution in [0.4, 0.5) is 0 Å². The minimum atomic E-state index is 0.643. The highest BCUT2D eigenvalue weighted by molar-refractivity contribution is 4.83. The van der Waals surface area contributed by atoms with Crippen LogP contribution < -0.4 is 5.32 Å². The van der Waals surface area contributed by atoms with Gasteiger partial charge >= 0.3 is 0 Å². The van der Waals surface area contributed by atoms with Crippen LogP contribution in [0.5, 0.6) is 0 Å². The summed E-state index contributed by atoms with van der Waals surface area (Å²) in [6.45, 7) is 10.8. The molecule has 0 aromatic carbocycles. The fourth-order valence-corrected chi connectivity index (χ4v) is 2.96. The highest BCUT2D eigenvalue weighted by Gasteiger charge is 2.25. The molecule has 2 aliphatic rings. The molecule has 4 heteroatoms. The average Bonchev–Trinajstić information content (AvgIpc) is 2.48. The smallest absolute Gasteiger partial charge is 0.0347 e. The predicted octanol–water partition coefficient (Wildman–Crippen LogP) is -0.0840. The maximum atomic E-state index is 3.57. The van der Waals surface area contributed by atoms with Crippen LogP contribution >= 0.6 is 0 Å². The van der Waals surface area contributed by atoms with Gasteiger partial charge in [-0.05, 0) is 40.5 Å². The standard InChI is InChI=1S/C13H28N4/c1-12-9-17(6-4-5-14-12)11-13-10-15(2)7-8-16(13)3/h12-14H,4-11H2,1-3H3. The Hall–Kier alpha value is -0.160. The summed E-state index contributed by atoms with van der Waals surface area (Å²) < 4.78 is 0. The Morgan fingerprint density at radius 3 is 2.76 bits per heavy atom. The van der Waals surface area contributed by atoms with Gasteiger partial charge < -0.3 is 15.1 Å². The van der Waals surface area contributed by atoms with Crippen molar-refractivity contribution in [1.82, 2.24) is 20.0 Å². The second-order valence-corrected chi connectivity index (χ2v) is 5.86. The number of hydrogen-bond donors (Lipinski definition) is 1. The van der Waals surface area contributed by atoms with E-state index in [-0.39, 0.29) is 0 Å². The lowest BCUT2D eigenvalue weighted by Crippen LogP contribution is -2.55. The highest BCUT2D eigenvalue weighted by atomic mass is 15.3. The highest BCUT2D eigenvalue weighted by Crippen LogP contribution is 2.09. The van der Waals surface area contributed by atoms with Crippen LogP contribution in [0.25, 0.3) is 0 Å². The fraction of sp³-hybridized carbons (Fsp3) is 1.00. The van der Waals surface area contributed by atoms with Crippen molar-refractivity contribution >= 4 is 0 Å². The molecule has 2 aliphatic heterocycles. The lowest BCUT2D eigenvalue weighted by molar-refractivity contribution is 0.0822. The Morgan fingerprint density at radius 1 is 1.12 bits per heavy atom. The van der Waals surface area contributed by atoms with E-state index < -0.39 is 0 Å². The molecule has 0 aliphatic carbocycles. The third-order valence-electron chi connectivity index (χ3n) is 4.13. The zero-order valence-corrected chi connectivity index (χ0v) is 11.7. The van der Waals surface area contributed by atoms with Crippen LogP contribution in [0.3, 0.4) is 0 Å². The Bertz CT molecular complexity index is 233. The monoisotopic (exact) mass is 240 g/mol. The lowest BCUT2D eigenvalue weighted by atomic mass is 10.1. The van der Waals surface area contributed by atoms with Gasteiger partial charge in [-0.25, -0.2) is 0 Å². The minimum Gasteiger partial charge on any atom is -0.313 e. The first-order chi connectivity index (χ1) is 8.15. The molecule has 100 valence electrons. The molecule has 0 amide bonds. The zero-order valence-electron chi connectivity index (χ0n) is 11.7. The van der Waals surface area contributed by atoms with Crippen LogP contribution in [0.15, 0.2) is 0 Å². The number of nitrogens with zero attached hydrogens (tertiary/aromatic N) is 3. The summed E-state index contributed by atoms with van der Waals surface area (Å²) in [5, 5.41) is 3.57. The van der Waals surface area contributed by atoms with E-state index in [2.05, 4.69) is 41.0 Å². The normalized spacial score (nSPS) is 34.8. The molecule has 2 unspecified atom stereocenters. The van der Waals surface area contributed by atoms with Crippen LogP contribution in [-0.4, -0.2) is 86.7 Å². The maximum Gasteiger partial charge on any atom is 0.0347 e. The van der Waals surface area contributed by atoms with Gasteiger partial charge in [0.1, 0.15) is 0 Å². The van der Waals surface area contributed by atoms with Crippen molar-refractivity contribution in [2.75, 3.05) is 59.9 Å². The molecule has 17 heavy (non-hydrogen) atoms. The molecule has 0 aromatic rings. The van der Waals surface area contributed by atoms with Crippen molar-refractivity contribution in [3.05, 3.63) is 0 Å². The van der Waals surface area contributed by atoms with E-state index in [4.69, 9.17) is 0 Å². The molecule has 0 bridgehead atoms. The van der Waals surface area contributed by atoms with E-state index >= 15 is 0 Å². The van der Waals surface area contributed by atoms with Gasteiger partial charge in [-0.1, -0.05) is 0 Å². The minimum absolute atomic E-state index is 0.643. The molecular formula is C13H28N4. The molecule has 4 nitrogen and oxygen atoms in total. The van der Waals surface area contributed by atoms with E-state index in [0.29, 0.717) is 12.1 Å².